The Kier molecular flexibility index (Phi) is 3.50. The first kappa shape index (κ1) is 13.8. The van der Waals surface area contributed by atoms with Crippen LogP contribution < -0.4 is 4.57 Å². The fourth-order valence-electron chi connectivity index (χ4n) is 3.08. The molecule has 0 aliphatic heterocycles. The van der Waals surface area contributed by atoms with E-state index in [-0.39, 0.29) is 0 Å². The molecule has 0 amide bonds. The van der Waals surface area contributed by atoms with Gasteiger partial charge < -0.3 is 0 Å². The van der Waals surface area contributed by atoms with Crippen LogP contribution in [0.3, 0.4) is 0 Å². The molecule has 0 fully saturated rings. The largest absolute Gasteiger partial charge is 0.213 e. The minimum atomic E-state index is 0.540. The van der Waals surface area contributed by atoms with Crippen molar-refractivity contribution in [2.75, 3.05) is 0 Å². The fraction of sp³-hybridized carbons (Fsp3) is 0.250. The first-order valence-corrected chi connectivity index (χ1v) is 7.57. The molecular weight excluding hydrogens is 254 g/mol. The lowest BCUT2D eigenvalue weighted by atomic mass is 9.96. The van der Waals surface area contributed by atoms with Crippen LogP contribution in [0.25, 0.3) is 22.2 Å². The maximum atomic E-state index is 2.31. The third-order valence-corrected chi connectivity index (χ3v) is 4.29. The van der Waals surface area contributed by atoms with Crippen molar-refractivity contribution in [2.24, 2.45) is 7.05 Å². The second-order valence-electron chi connectivity index (χ2n) is 6.03. The zero-order valence-electron chi connectivity index (χ0n) is 13.2. The summed E-state index contributed by atoms with van der Waals surface area (Å²) in [5.74, 6) is 0.540. The first-order valence-electron chi connectivity index (χ1n) is 7.57. The SMILES string of the molecule is Cc1ccccc1-c1ccc2c(C(C)C)cccc2[n+]1C. The van der Waals surface area contributed by atoms with Crippen molar-refractivity contribution in [2.45, 2.75) is 26.7 Å². The lowest BCUT2D eigenvalue weighted by molar-refractivity contribution is -0.633. The first-order chi connectivity index (χ1) is 10.1. The van der Waals surface area contributed by atoms with Gasteiger partial charge >= 0.3 is 0 Å². The molecule has 1 heteroatoms. The van der Waals surface area contributed by atoms with Crippen LogP contribution in [0.1, 0.15) is 30.9 Å². The molecule has 1 heterocycles. The van der Waals surface area contributed by atoms with Gasteiger partial charge in [0.25, 0.3) is 0 Å². The number of pyridine rings is 1. The van der Waals surface area contributed by atoms with Gasteiger partial charge in [-0.25, -0.2) is 0 Å². The molecule has 0 aliphatic rings. The molecule has 0 radical (unpaired) electrons. The summed E-state index contributed by atoms with van der Waals surface area (Å²) in [5.41, 5.74) is 6.59. The molecule has 106 valence electrons. The Morgan fingerprint density at radius 3 is 2.33 bits per heavy atom. The number of hydrogen-bond acceptors (Lipinski definition) is 0. The maximum Gasteiger partial charge on any atom is 0.213 e. The molecule has 0 unspecified atom stereocenters. The van der Waals surface area contributed by atoms with Crippen LogP contribution in [0.15, 0.2) is 54.6 Å². The predicted molar refractivity (Wildman–Crippen MR) is 89.4 cm³/mol. The van der Waals surface area contributed by atoms with Crippen molar-refractivity contribution in [3.05, 3.63) is 65.7 Å². The van der Waals surface area contributed by atoms with Gasteiger partial charge in [-0.2, -0.15) is 4.57 Å². The molecule has 0 bridgehead atoms. The van der Waals surface area contributed by atoms with Crippen LogP contribution in [0.5, 0.6) is 0 Å². The summed E-state index contributed by atoms with van der Waals surface area (Å²) < 4.78 is 2.31. The van der Waals surface area contributed by atoms with E-state index in [9.17, 15) is 0 Å². The zero-order valence-corrected chi connectivity index (χ0v) is 13.2. The second kappa shape index (κ2) is 5.33. The van der Waals surface area contributed by atoms with Crippen LogP contribution in [0.2, 0.25) is 0 Å². The minimum absolute atomic E-state index is 0.540. The van der Waals surface area contributed by atoms with Gasteiger partial charge in [-0.15, -0.1) is 0 Å². The number of aryl methyl sites for hydroxylation is 2. The van der Waals surface area contributed by atoms with Crippen molar-refractivity contribution in [1.82, 2.24) is 0 Å². The topological polar surface area (TPSA) is 3.88 Å². The summed E-state index contributed by atoms with van der Waals surface area (Å²) in [4.78, 5) is 0. The van der Waals surface area contributed by atoms with Gasteiger partial charge in [0.2, 0.25) is 11.2 Å². The highest BCUT2D eigenvalue weighted by Gasteiger charge is 2.17. The smallest absolute Gasteiger partial charge is 0.194 e. The standard InChI is InChI=1S/C20H22N/c1-14(2)16-10-7-11-19-18(16)12-13-20(21(19)4)17-9-6-5-8-15(17)3/h5-14H,1-4H3/q+1. The highest BCUT2D eigenvalue weighted by Crippen LogP contribution is 2.27. The summed E-state index contributed by atoms with van der Waals surface area (Å²) in [7, 11) is 2.16. The van der Waals surface area contributed by atoms with E-state index in [0.29, 0.717) is 5.92 Å². The number of aromatic nitrogens is 1. The van der Waals surface area contributed by atoms with Gasteiger partial charge in [0, 0.05) is 23.1 Å². The summed E-state index contributed by atoms with van der Waals surface area (Å²) in [5, 5.41) is 1.35. The van der Waals surface area contributed by atoms with Crippen molar-refractivity contribution < 1.29 is 4.57 Å². The number of nitrogens with zero attached hydrogens (tertiary/aromatic N) is 1. The lowest BCUT2D eigenvalue weighted by Gasteiger charge is -2.11. The highest BCUT2D eigenvalue weighted by atomic mass is 14.9. The summed E-state index contributed by atoms with van der Waals surface area (Å²) >= 11 is 0. The molecule has 0 N–H and O–H groups in total. The predicted octanol–water partition coefficient (Wildman–Crippen LogP) is 4.76. The van der Waals surface area contributed by atoms with Crippen molar-refractivity contribution in [3.63, 3.8) is 0 Å². The van der Waals surface area contributed by atoms with Gasteiger partial charge in [-0.05, 0) is 36.1 Å². The number of fused-ring (bicyclic) bond motifs is 1. The molecule has 0 aliphatic carbocycles. The van der Waals surface area contributed by atoms with Crippen LogP contribution in [-0.4, -0.2) is 0 Å². The molecule has 1 aromatic heterocycles. The molecule has 3 rings (SSSR count). The lowest BCUT2D eigenvalue weighted by Crippen LogP contribution is -2.32. The third-order valence-electron chi connectivity index (χ3n) is 4.29. The van der Waals surface area contributed by atoms with E-state index in [1.54, 1.807) is 0 Å². The summed E-state index contributed by atoms with van der Waals surface area (Å²) in [6.45, 7) is 6.68. The molecule has 0 atom stereocenters. The van der Waals surface area contributed by atoms with Gasteiger partial charge in [0.1, 0.15) is 7.05 Å². The minimum Gasteiger partial charge on any atom is -0.194 e. The number of rotatable bonds is 2. The van der Waals surface area contributed by atoms with Crippen LogP contribution >= 0.6 is 0 Å². The number of hydrogen-bond donors (Lipinski definition) is 0. The zero-order chi connectivity index (χ0) is 15.0. The average molecular weight is 276 g/mol. The Bertz CT molecular complexity index is 800. The van der Waals surface area contributed by atoms with Crippen molar-refractivity contribution >= 4 is 10.9 Å². The van der Waals surface area contributed by atoms with Crippen molar-refractivity contribution in [1.29, 1.82) is 0 Å². The molecule has 21 heavy (non-hydrogen) atoms. The van der Waals surface area contributed by atoms with Gasteiger partial charge in [0.15, 0.2) is 0 Å². The molecule has 0 saturated heterocycles. The van der Waals surface area contributed by atoms with E-state index >= 15 is 0 Å². The average Bonchev–Trinajstić information content (AvgIpc) is 2.48. The van der Waals surface area contributed by atoms with E-state index < -0.39 is 0 Å². The van der Waals surface area contributed by atoms with Crippen LogP contribution in [0.4, 0.5) is 0 Å². The monoisotopic (exact) mass is 276 g/mol. The Morgan fingerprint density at radius 1 is 0.857 bits per heavy atom. The molecular formula is C20H22N+. The van der Waals surface area contributed by atoms with E-state index in [1.807, 2.05) is 0 Å². The van der Waals surface area contributed by atoms with Gasteiger partial charge in [-0.1, -0.05) is 44.2 Å². The Hall–Kier alpha value is -2.15. The third kappa shape index (κ3) is 2.33. The number of benzene rings is 2. The summed E-state index contributed by atoms with van der Waals surface area (Å²) in [6, 6.07) is 19.7. The Labute approximate surface area is 126 Å². The quantitative estimate of drug-likeness (QED) is 0.594. The molecule has 3 aromatic rings. The van der Waals surface area contributed by atoms with Crippen molar-refractivity contribution in [3.8, 4) is 11.3 Å². The van der Waals surface area contributed by atoms with Gasteiger partial charge in [-0.3, -0.25) is 0 Å². The Morgan fingerprint density at radius 2 is 1.62 bits per heavy atom. The van der Waals surface area contributed by atoms with E-state index in [1.165, 1.54) is 33.3 Å². The molecule has 0 saturated carbocycles. The van der Waals surface area contributed by atoms with E-state index in [4.69, 9.17) is 0 Å². The maximum absolute atomic E-state index is 2.31. The summed E-state index contributed by atoms with van der Waals surface area (Å²) in [6.07, 6.45) is 0. The fourth-order valence-corrected chi connectivity index (χ4v) is 3.08. The second-order valence-corrected chi connectivity index (χ2v) is 6.03. The Balaban J connectivity index is 2.29. The van der Waals surface area contributed by atoms with Crippen LogP contribution in [0, 0.1) is 6.92 Å². The molecule has 2 aromatic carbocycles. The van der Waals surface area contributed by atoms with Crippen LogP contribution in [-0.2, 0) is 7.05 Å². The molecule has 0 spiro atoms. The molecule has 1 nitrogen and oxygen atoms in total. The normalized spacial score (nSPS) is 11.3. The van der Waals surface area contributed by atoms with E-state index in [2.05, 4.69) is 87.0 Å². The highest BCUT2D eigenvalue weighted by molar-refractivity contribution is 5.82. The van der Waals surface area contributed by atoms with E-state index in [0.717, 1.165) is 0 Å². The van der Waals surface area contributed by atoms with Gasteiger partial charge in [0.05, 0.1) is 0 Å².